The van der Waals surface area contributed by atoms with Crippen LogP contribution < -0.4 is 0 Å². The molecule has 1 aliphatic carbocycles. The maximum atomic E-state index is 14.4. The Labute approximate surface area is 330 Å². The van der Waals surface area contributed by atoms with Crippen LogP contribution in [0.25, 0.3) is 0 Å². The number of allylic oxidation sites excluding steroid dienone is 2. The fourth-order valence-corrected chi connectivity index (χ4v) is 8.89. The van der Waals surface area contributed by atoms with Crippen molar-refractivity contribution in [1.29, 1.82) is 0 Å². The molecule has 56 heavy (non-hydrogen) atoms. The van der Waals surface area contributed by atoms with Crippen molar-refractivity contribution in [3.8, 4) is 0 Å². The second-order valence-corrected chi connectivity index (χ2v) is 16.1. The third-order valence-corrected chi connectivity index (χ3v) is 12.1. The van der Waals surface area contributed by atoms with Crippen molar-refractivity contribution < 1.29 is 48.1 Å². The minimum atomic E-state index is -1.80. The predicted octanol–water partition coefficient (Wildman–Crippen LogP) is 6.77. The molecule has 12 heteroatoms. The van der Waals surface area contributed by atoms with Crippen LogP contribution in [0.2, 0.25) is 0 Å². The van der Waals surface area contributed by atoms with Crippen molar-refractivity contribution >= 4 is 23.4 Å². The zero-order valence-electron chi connectivity index (χ0n) is 33.9. The number of carbonyl (C=O) groups excluding carboxylic acids is 2. The van der Waals surface area contributed by atoms with Crippen LogP contribution in [0.1, 0.15) is 85.6 Å². The number of hydrogen-bond donors (Lipinski definition) is 1. The molecule has 1 spiro atoms. The number of esters is 2. The van der Waals surface area contributed by atoms with E-state index in [1.165, 1.54) is 14.2 Å². The summed E-state index contributed by atoms with van der Waals surface area (Å²) in [6, 6.07) is 9.03. The minimum absolute atomic E-state index is 0.0183. The summed E-state index contributed by atoms with van der Waals surface area (Å²) in [7, 11) is 2.82. The number of aliphatic hydroxyl groups is 1. The van der Waals surface area contributed by atoms with Gasteiger partial charge in [-0.2, -0.15) is 0 Å². The minimum Gasteiger partial charge on any atom is -0.462 e. The van der Waals surface area contributed by atoms with Crippen LogP contribution >= 0.6 is 0 Å². The lowest BCUT2D eigenvalue weighted by Gasteiger charge is -2.51. The number of hydrogen-bond acceptors (Lipinski definition) is 12. The van der Waals surface area contributed by atoms with Gasteiger partial charge in [-0.25, -0.2) is 4.79 Å². The lowest BCUT2D eigenvalue weighted by atomic mass is 9.71. The number of carbonyl (C=O) groups is 2. The second kappa shape index (κ2) is 17.6. The molecule has 0 aromatic heterocycles. The van der Waals surface area contributed by atoms with Gasteiger partial charge in [0.05, 0.1) is 18.8 Å². The van der Waals surface area contributed by atoms with E-state index in [4.69, 9.17) is 33.4 Å². The summed E-state index contributed by atoms with van der Waals surface area (Å²) in [5, 5.41) is 20.9. The SMILES string of the molecule is CCC(C)[C@H]1O[C@]2(CC[C@@H]1C)C[C@@H]1C[C@@H](C/C=C(\C)[C@@H](OC(=O)/C(=N\OC)c3ccccc3)[C@@H](C)/C=C/C=C3\CO[C@@H]4/C(=N/OC)C(C)=C[C@@H](C(=O)O1)[C@]34O)O2. The first-order valence-corrected chi connectivity index (χ1v) is 20.0. The number of ether oxygens (including phenoxy) is 5. The molecule has 6 rings (SSSR count). The number of nitrogens with zero attached hydrogens (tertiary/aromatic N) is 2. The zero-order chi connectivity index (χ0) is 40.2. The number of rotatable bonds is 7. The lowest BCUT2D eigenvalue weighted by molar-refractivity contribution is -0.340. The molecular weight excluding hydrogens is 716 g/mol. The first-order valence-electron chi connectivity index (χ1n) is 20.0. The largest absolute Gasteiger partial charge is 0.462 e. The Morgan fingerprint density at radius 2 is 1.86 bits per heavy atom. The van der Waals surface area contributed by atoms with Crippen molar-refractivity contribution in [3.63, 3.8) is 0 Å². The molecule has 11 atom stereocenters. The van der Waals surface area contributed by atoms with E-state index < -0.39 is 47.6 Å². The molecule has 0 saturated carbocycles. The Hall–Kier alpha value is -4.10. The highest BCUT2D eigenvalue weighted by Gasteiger charge is 2.60. The van der Waals surface area contributed by atoms with E-state index in [-0.39, 0.29) is 30.4 Å². The summed E-state index contributed by atoms with van der Waals surface area (Å²) in [5.41, 5.74) is 1.15. The van der Waals surface area contributed by atoms with Gasteiger partial charge in [0, 0.05) is 30.7 Å². The normalized spacial score (nSPS) is 38.9. The highest BCUT2D eigenvalue weighted by Crippen LogP contribution is 2.47. The Morgan fingerprint density at radius 3 is 2.57 bits per heavy atom. The summed E-state index contributed by atoms with van der Waals surface area (Å²) in [4.78, 5) is 38.5. The maximum absolute atomic E-state index is 14.4. The van der Waals surface area contributed by atoms with E-state index in [1.54, 1.807) is 30.4 Å². The van der Waals surface area contributed by atoms with Crippen LogP contribution in [-0.4, -0.2) is 91.2 Å². The van der Waals surface area contributed by atoms with Gasteiger partial charge in [-0.15, -0.1) is 0 Å². The molecule has 4 heterocycles. The molecule has 1 unspecified atom stereocenters. The van der Waals surface area contributed by atoms with Crippen molar-refractivity contribution in [1.82, 2.24) is 0 Å². The van der Waals surface area contributed by atoms with Gasteiger partial charge < -0.3 is 38.5 Å². The van der Waals surface area contributed by atoms with Gasteiger partial charge in [-0.05, 0) is 55.2 Å². The lowest BCUT2D eigenvalue weighted by Crippen LogP contribution is -2.57. The molecule has 12 nitrogen and oxygen atoms in total. The Kier molecular flexibility index (Phi) is 13.0. The number of benzene rings is 1. The van der Waals surface area contributed by atoms with Gasteiger partial charge in [0.1, 0.15) is 49.8 Å². The smallest absolute Gasteiger partial charge is 0.361 e. The first-order chi connectivity index (χ1) is 26.8. The van der Waals surface area contributed by atoms with Crippen LogP contribution in [0.5, 0.6) is 0 Å². The van der Waals surface area contributed by atoms with E-state index in [0.29, 0.717) is 59.9 Å². The van der Waals surface area contributed by atoms with Gasteiger partial charge in [-0.1, -0.05) is 105 Å². The van der Waals surface area contributed by atoms with Gasteiger partial charge in [0.25, 0.3) is 0 Å². The van der Waals surface area contributed by atoms with Crippen LogP contribution in [0, 0.1) is 23.7 Å². The highest BCUT2D eigenvalue weighted by molar-refractivity contribution is 6.43. The van der Waals surface area contributed by atoms with Crippen LogP contribution in [0.3, 0.4) is 0 Å². The summed E-state index contributed by atoms with van der Waals surface area (Å²) in [6.45, 7) is 12.3. The summed E-state index contributed by atoms with van der Waals surface area (Å²) < 4.78 is 32.7. The highest BCUT2D eigenvalue weighted by atomic mass is 16.7. The summed E-state index contributed by atoms with van der Waals surface area (Å²) in [5.74, 6) is -2.91. The Morgan fingerprint density at radius 1 is 1.09 bits per heavy atom. The van der Waals surface area contributed by atoms with E-state index in [1.807, 2.05) is 51.1 Å². The number of fused-ring (bicyclic) bond motifs is 2. The molecule has 5 aliphatic rings. The van der Waals surface area contributed by atoms with Gasteiger partial charge in [0.15, 0.2) is 11.5 Å². The second-order valence-electron chi connectivity index (χ2n) is 16.1. The molecule has 1 aromatic rings. The molecule has 3 fully saturated rings. The standard InChI is InChI=1S/C44H58N2O10/c1-9-26(2)39-29(5)20-21-43(56-39)24-34-23-33(55-43)19-18-28(4)38(54-42(48)37(46-51-8)31-15-11-10-12-16-31)27(3)14-13-17-32-25-52-40-36(45-50-7)30(6)22-35(41(47)53-34)44(32,40)49/h10-18,22,26-27,29,33-35,38-40,49H,9,19-21,23-25H2,1-8H3/b14-13+,28-18+,32-17+,45-36+,46-37-/t26?,27-,29-,33+,34-,35-,38-,39+,40+,43+,44+/m0/s1. The summed E-state index contributed by atoms with van der Waals surface area (Å²) in [6.07, 6.45) is 10.3. The average molecular weight is 775 g/mol. The van der Waals surface area contributed by atoms with Crippen molar-refractivity contribution in [2.45, 2.75) is 122 Å². The molecule has 1 aromatic carbocycles. The fourth-order valence-electron chi connectivity index (χ4n) is 8.89. The Balaban J connectivity index is 1.42. The summed E-state index contributed by atoms with van der Waals surface area (Å²) >= 11 is 0. The monoisotopic (exact) mass is 774 g/mol. The zero-order valence-corrected chi connectivity index (χ0v) is 33.9. The number of oxime groups is 2. The molecule has 1 N–H and O–H groups in total. The van der Waals surface area contributed by atoms with Gasteiger partial charge >= 0.3 is 11.9 Å². The third kappa shape index (κ3) is 8.44. The van der Waals surface area contributed by atoms with E-state index in [2.05, 4.69) is 31.1 Å². The molecule has 3 saturated heterocycles. The third-order valence-electron chi connectivity index (χ3n) is 12.1. The van der Waals surface area contributed by atoms with Gasteiger partial charge in [0.2, 0.25) is 0 Å². The topological polar surface area (TPSA) is 144 Å². The van der Waals surface area contributed by atoms with Crippen LogP contribution in [-0.2, 0) is 42.9 Å². The van der Waals surface area contributed by atoms with Gasteiger partial charge in [-0.3, -0.25) is 4.79 Å². The van der Waals surface area contributed by atoms with Crippen molar-refractivity contribution in [3.05, 3.63) is 83.0 Å². The maximum Gasteiger partial charge on any atom is 0.361 e. The molecular formula is C44H58N2O10. The van der Waals surface area contributed by atoms with Crippen LogP contribution in [0.4, 0.5) is 0 Å². The predicted molar refractivity (Wildman–Crippen MR) is 210 cm³/mol. The van der Waals surface area contributed by atoms with E-state index in [0.717, 1.165) is 18.4 Å². The molecule has 2 bridgehead atoms. The molecule has 0 amide bonds. The fraction of sp³-hybridized carbons (Fsp3) is 0.591. The Bertz CT molecular complexity index is 1780. The quantitative estimate of drug-likeness (QED) is 0.136. The molecule has 4 aliphatic heterocycles. The van der Waals surface area contributed by atoms with Crippen molar-refractivity contribution in [2.24, 2.45) is 34.0 Å². The molecule has 304 valence electrons. The molecule has 0 radical (unpaired) electrons. The average Bonchev–Trinajstić information content (AvgIpc) is 3.52. The van der Waals surface area contributed by atoms with E-state index >= 15 is 0 Å². The van der Waals surface area contributed by atoms with Crippen LogP contribution in [0.15, 0.2) is 87.7 Å². The first kappa shape index (κ1) is 41.5. The van der Waals surface area contributed by atoms with E-state index in [9.17, 15) is 14.7 Å². The van der Waals surface area contributed by atoms with Crippen molar-refractivity contribution in [2.75, 3.05) is 20.8 Å².